The fourth-order valence-corrected chi connectivity index (χ4v) is 4.39. The predicted molar refractivity (Wildman–Crippen MR) is 134 cm³/mol. The molecule has 2 amide bonds. The highest BCUT2D eigenvalue weighted by Gasteiger charge is 2.20. The van der Waals surface area contributed by atoms with Crippen LogP contribution in [0.25, 0.3) is 0 Å². The first-order valence-electron chi connectivity index (χ1n) is 11.3. The van der Waals surface area contributed by atoms with E-state index in [-0.39, 0.29) is 30.0 Å². The van der Waals surface area contributed by atoms with Crippen molar-refractivity contribution in [3.8, 4) is 5.75 Å². The summed E-state index contributed by atoms with van der Waals surface area (Å²) in [6, 6.07) is 14.9. The van der Waals surface area contributed by atoms with E-state index in [2.05, 4.69) is 27.8 Å². The van der Waals surface area contributed by atoms with E-state index in [1.54, 1.807) is 7.11 Å². The standard InChI is InChI=1S/C25H31N5O3S/c1-5-19-9-7-8-10-21(19)27-23(32)16-34-25-29-28-24(30(25)6-2)17(3)26-22(31)15-18-11-13-20(33-4)14-12-18/h7-14,17H,5-6,15-16H2,1-4H3,(H,26,31)(H,27,32). The summed E-state index contributed by atoms with van der Waals surface area (Å²) in [4.78, 5) is 25.0. The number of amides is 2. The van der Waals surface area contributed by atoms with Crippen molar-refractivity contribution < 1.29 is 14.3 Å². The molecular weight excluding hydrogens is 450 g/mol. The van der Waals surface area contributed by atoms with Gasteiger partial charge in [-0.15, -0.1) is 10.2 Å². The number of carbonyl (C=O) groups is 2. The van der Waals surface area contributed by atoms with E-state index in [1.165, 1.54) is 11.8 Å². The smallest absolute Gasteiger partial charge is 0.234 e. The monoisotopic (exact) mass is 481 g/mol. The molecule has 1 aromatic heterocycles. The van der Waals surface area contributed by atoms with Crippen LogP contribution in [0.15, 0.2) is 53.7 Å². The molecular formula is C25H31N5O3S. The van der Waals surface area contributed by atoms with Crippen molar-refractivity contribution in [2.75, 3.05) is 18.2 Å². The van der Waals surface area contributed by atoms with Crippen LogP contribution in [0, 0.1) is 0 Å². The van der Waals surface area contributed by atoms with E-state index in [4.69, 9.17) is 4.74 Å². The lowest BCUT2D eigenvalue weighted by Gasteiger charge is -2.15. The molecule has 8 nitrogen and oxygen atoms in total. The van der Waals surface area contributed by atoms with Crippen LogP contribution in [0.1, 0.15) is 43.8 Å². The number of aromatic nitrogens is 3. The van der Waals surface area contributed by atoms with Gasteiger partial charge in [0.05, 0.1) is 25.3 Å². The molecule has 0 saturated heterocycles. The largest absolute Gasteiger partial charge is 0.497 e. The molecule has 2 N–H and O–H groups in total. The van der Waals surface area contributed by atoms with E-state index in [9.17, 15) is 9.59 Å². The summed E-state index contributed by atoms with van der Waals surface area (Å²) in [6.45, 7) is 6.55. The van der Waals surface area contributed by atoms with E-state index >= 15 is 0 Å². The van der Waals surface area contributed by atoms with Crippen LogP contribution in [-0.2, 0) is 29.0 Å². The summed E-state index contributed by atoms with van der Waals surface area (Å²) in [5.74, 6) is 1.42. The number of benzene rings is 2. The van der Waals surface area contributed by atoms with Gasteiger partial charge in [0.15, 0.2) is 11.0 Å². The van der Waals surface area contributed by atoms with Gasteiger partial charge >= 0.3 is 0 Å². The van der Waals surface area contributed by atoms with Crippen LogP contribution in [0.2, 0.25) is 0 Å². The van der Waals surface area contributed by atoms with Crippen LogP contribution in [-0.4, -0.2) is 39.4 Å². The Bertz CT molecular complexity index is 1110. The molecule has 2 aromatic carbocycles. The van der Waals surface area contributed by atoms with Crippen LogP contribution in [0.3, 0.4) is 0 Å². The third kappa shape index (κ3) is 6.60. The highest BCUT2D eigenvalue weighted by Crippen LogP contribution is 2.22. The van der Waals surface area contributed by atoms with E-state index in [0.29, 0.717) is 17.5 Å². The second-order valence-corrected chi connectivity index (χ2v) is 8.69. The summed E-state index contributed by atoms with van der Waals surface area (Å²) in [5.41, 5.74) is 2.83. The number of ether oxygens (including phenoxy) is 1. The van der Waals surface area contributed by atoms with Crippen molar-refractivity contribution in [2.45, 2.75) is 51.4 Å². The number of aryl methyl sites for hydroxylation is 1. The van der Waals surface area contributed by atoms with Crippen LogP contribution < -0.4 is 15.4 Å². The average Bonchev–Trinajstić information content (AvgIpc) is 3.26. The molecule has 0 aliphatic rings. The molecule has 1 heterocycles. The topological polar surface area (TPSA) is 98.1 Å². The summed E-state index contributed by atoms with van der Waals surface area (Å²) in [5, 5.41) is 15.2. The molecule has 3 rings (SSSR count). The Balaban J connectivity index is 1.58. The molecule has 0 fully saturated rings. The predicted octanol–water partition coefficient (Wildman–Crippen LogP) is 4.02. The van der Waals surface area contributed by atoms with Crippen molar-refractivity contribution in [1.29, 1.82) is 0 Å². The van der Waals surface area contributed by atoms with Crippen molar-refractivity contribution in [3.05, 3.63) is 65.5 Å². The Labute approximate surface area is 204 Å². The Hall–Kier alpha value is -3.33. The van der Waals surface area contributed by atoms with Crippen LogP contribution >= 0.6 is 11.8 Å². The number of carbonyl (C=O) groups excluding carboxylic acids is 2. The molecule has 0 aliphatic carbocycles. The molecule has 0 bridgehead atoms. The quantitative estimate of drug-likeness (QED) is 0.402. The number of anilines is 1. The van der Waals surface area contributed by atoms with Gasteiger partial charge in [0.2, 0.25) is 11.8 Å². The molecule has 0 aliphatic heterocycles. The van der Waals surface area contributed by atoms with Gasteiger partial charge in [-0.25, -0.2) is 0 Å². The Morgan fingerprint density at radius 1 is 1.06 bits per heavy atom. The van der Waals surface area contributed by atoms with Crippen LogP contribution in [0.5, 0.6) is 5.75 Å². The normalized spacial score (nSPS) is 11.6. The maximum atomic E-state index is 12.5. The fourth-order valence-electron chi connectivity index (χ4n) is 3.58. The molecule has 9 heteroatoms. The van der Waals surface area contributed by atoms with Gasteiger partial charge in [0.25, 0.3) is 0 Å². The highest BCUT2D eigenvalue weighted by molar-refractivity contribution is 7.99. The number of nitrogens with zero attached hydrogens (tertiary/aromatic N) is 3. The van der Waals surface area contributed by atoms with Crippen molar-refractivity contribution in [1.82, 2.24) is 20.1 Å². The molecule has 1 atom stereocenters. The summed E-state index contributed by atoms with van der Waals surface area (Å²) < 4.78 is 7.08. The van der Waals surface area contributed by atoms with Crippen LogP contribution in [0.4, 0.5) is 5.69 Å². The van der Waals surface area contributed by atoms with Gasteiger partial charge in [-0.1, -0.05) is 49.0 Å². The maximum Gasteiger partial charge on any atom is 0.234 e. The van der Waals surface area contributed by atoms with Gasteiger partial charge in [-0.2, -0.15) is 0 Å². The minimum atomic E-state index is -0.321. The van der Waals surface area contributed by atoms with Crippen molar-refractivity contribution >= 4 is 29.3 Å². The minimum absolute atomic E-state index is 0.0982. The zero-order valence-electron chi connectivity index (χ0n) is 20.0. The number of rotatable bonds is 11. The molecule has 0 spiro atoms. The number of thioether (sulfide) groups is 1. The lowest BCUT2D eigenvalue weighted by molar-refractivity contribution is -0.121. The Kier molecular flexibility index (Phi) is 9.09. The third-order valence-corrected chi connectivity index (χ3v) is 6.32. The number of nitrogens with one attached hydrogen (secondary N) is 2. The Morgan fingerprint density at radius 2 is 1.79 bits per heavy atom. The lowest BCUT2D eigenvalue weighted by Crippen LogP contribution is -2.30. The van der Waals surface area contributed by atoms with Crippen molar-refractivity contribution in [3.63, 3.8) is 0 Å². The zero-order valence-corrected chi connectivity index (χ0v) is 20.8. The number of methoxy groups -OCH3 is 1. The third-order valence-electron chi connectivity index (χ3n) is 5.35. The Morgan fingerprint density at radius 3 is 2.47 bits per heavy atom. The average molecular weight is 482 g/mol. The summed E-state index contributed by atoms with van der Waals surface area (Å²) in [6.07, 6.45) is 1.11. The molecule has 180 valence electrons. The van der Waals surface area contributed by atoms with Gasteiger partial charge in [0.1, 0.15) is 5.75 Å². The van der Waals surface area contributed by atoms with E-state index in [0.717, 1.165) is 29.0 Å². The highest BCUT2D eigenvalue weighted by atomic mass is 32.2. The molecule has 0 saturated carbocycles. The number of hydrogen-bond donors (Lipinski definition) is 2. The minimum Gasteiger partial charge on any atom is -0.497 e. The van der Waals surface area contributed by atoms with Crippen molar-refractivity contribution in [2.24, 2.45) is 0 Å². The summed E-state index contributed by atoms with van der Waals surface area (Å²) in [7, 11) is 1.61. The first-order valence-corrected chi connectivity index (χ1v) is 12.3. The second kappa shape index (κ2) is 12.2. The molecule has 0 radical (unpaired) electrons. The molecule has 34 heavy (non-hydrogen) atoms. The maximum absolute atomic E-state index is 12.5. The van der Waals surface area contributed by atoms with Gasteiger partial charge in [-0.05, 0) is 49.6 Å². The first-order chi connectivity index (χ1) is 16.4. The SMILES string of the molecule is CCc1ccccc1NC(=O)CSc1nnc(C(C)NC(=O)Cc2ccc(OC)cc2)n1CC. The lowest BCUT2D eigenvalue weighted by atomic mass is 10.1. The van der Waals surface area contributed by atoms with Gasteiger partial charge < -0.3 is 19.9 Å². The first kappa shape index (κ1) is 25.3. The number of hydrogen-bond acceptors (Lipinski definition) is 6. The van der Waals surface area contributed by atoms with Gasteiger partial charge in [-0.3, -0.25) is 9.59 Å². The zero-order chi connectivity index (χ0) is 24.5. The van der Waals surface area contributed by atoms with Gasteiger partial charge in [0, 0.05) is 12.2 Å². The van der Waals surface area contributed by atoms with E-state index in [1.807, 2.05) is 66.9 Å². The molecule has 1 unspecified atom stereocenters. The molecule has 3 aromatic rings. The summed E-state index contributed by atoms with van der Waals surface area (Å²) >= 11 is 1.33. The second-order valence-electron chi connectivity index (χ2n) is 7.75. The fraction of sp³-hybridized carbons (Fsp3) is 0.360. The number of para-hydroxylation sites is 1. The van der Waals surface area contributed by atoms with E-state index < -0.39 is 0 Å².